The molecule has 2 heteroatoms. The van der Waals surface area contributed by atoms with Crippen molar-refractivity contribution in [1.29, 1.82) is 0 Å². The first kappa shape index (κ1) is 28.9. The molecule has 52 heavy (non-hydrogen) atoms. The van der Waals surface area contributed by atoms with Gasteiger partial charge in [0.25, 0.3) is 0 Å². The van der Waals surface area contributed by atoms with E-state index in [4.69, 9.17) is 0 Å². The third-order valence-corrected chi connectivity index (χ3v) is 10.9. The maximum absolute atomic E-state index is 2.47. The second kappa shape index (κ2) is 11.3. The number of benzene rings is 9. The number of anilines is 3. The average molecular weight is 661 g/mol. The molecule has 0 N–H and O–H groups in total. The van der Waals surface area contributed by atoms with Gasteiger partial charge in [0.15, 0.2) is 0 Å². The molecule has 0 amide bonds. The molecular weight excluding hydrogens is 629 g/mol. The molecule has 0 unspecified atom stereocenters. The summed E-state index contributed by atoms with van der Waals surface area (Å²) in [7, 11) is 0. The highest BCUT2D eigenvalue weighted by Crippen LogP contribution is 2.55. The van der Waals surface area contributed by atoms with Crippen LogP contribution in [0.1, 0.15) is 0 Å². The van der Waals surface area contributed by atoms with Gasteiger partial charge in [0.2, 0.25) is 0 Å². The molecule has 1 aromatic heterocycles. The summed E-state index contributed by atoms with van der Waals surface area (Å²) in [6.07, 6.45) is 0. The van der Waals surface area contributed by atoms with Gasteiger partial charge >= 0.3 is 0 Å². The van der Waals surface area contributed by atoms with Gasteiger partial charge in [0.05, 0.1) is 16.7 Å². The molecule has 0 radical (unpaired) electrons. The largest absolute Gasteiger partial charge is 0.310 e. The third kappa shape index (κ3) is 4.25. The second-order valence-electron chi connectivity index (χ2n) is 13.7. The smallest absolute Gasteiger partial charge is 0.0546 e. The Labute approximate surface area is 302 Å². The van der Waals surface area contributed by atoms with Crippen molar-refractivity contribution >= 4 is 60.4 Å². The Morgan fingerprint density at radius 1 is 0.365 bits per heavy atom. The fourth-order valence-electron chi connectivity index (χ4n) is 8.64. The first-order chi connectivity index (χ1) is 25.8. The van der Waals surface area contributed by atoms with Crippen LogP contribution in [-0.2, 0) is 0 Å². The van der Waals surface area contributed by atoms with E-state index in [2.05, 4.69) is 204 Å². The molecule has 9 aromatic carbocycles. The van der Waals surface area contributed by atoms with Crippen LogP contribution in [0.2, 0.25) is 0 Å². The van der Waals surface area contributed by atoms with E-state index < -0.39 is 0 Å². The van der Waals surface area contributed by atoms with Gasteiger partial charge in [-0.1, -0.05) is 133 Å². The Balaban J connectivity index is 1.19. The van der Waals surface area contributed by atoms with Crippen molar-refractivity contribution in [3.8, 4) is 39.1 Å². The monoisotopic (exact) mass is 660 g/mol. The number of hydrogen-bond acceptors (Lipinski definition) is 1. The molecule has 242 valence electrons. The highest BCUT2D eigenvalue weighted by atomic mass is 15.1. The van der Waals surface area contributed by atoms with Crippen LogP contribution < -0.4 is 4.90 Å². The highest BCUT2D eigenvalue weighted by molar-refractivity contribution is 6.26. The minimum Gasteiger partial charge on any atom is -0.310 e. The minimum atomic E-state index is 1.12. The number of fused-ring (bicyclic) bond motifs is 8. The van der Waals surface area contributed by atoms with E-state index in [0.717, 1.165) is 17.1 Å². The van der Waals surface area contributed by atoms with E-state index in [1.807, 2.05) is 0 Å². The van der Waals surface area contributed by atoms with Crippen molar-refractivity contribution < 1.29 is 0 Å². The number of nitrogens with zero attached hydrogens (tertiary/aromatic N) is 2. The molecule has 1 aliphatic rings. The lowest BCUT2D eigenvalue weighted by Gasteiger charge is -2.28. The van der Waals surface area contributed by atoms with Gasteiger partial charge in [-0.05, 0) is 104 Å². The standard InChI is InChI=1S/C50H32N2/c1-3-13-33(14-4-1)34-25-27-38(28-26-34)51(39-29-30-46-44(32-39)41-20-9-10-23-45(41)52(46)37-17-5-2-6-18-37)47-24-12-22-43-42-21-11-16-36-31-35-15-7-8-19-40(35)50(48(36)42)49(43)47/h1-32H. The van der Waals surface area contributed by atoms with Crippen LogP contribution in [0, 0.1) is 0 Å². The molecule has 0 saturated carbocycles. The molecule has 0 saturated heterocycles. The quantitative estimate of drug-likeness (QED) is 0.167. The van der Waals surface area contributed by atoms with E-state index in [9.17, 15) is 0 Å². The van der Waals surface area contributed by atoms with Crippen LogP contribution in [0.15, 0.2) is 194 Å². The molecule has 2 nitrogen and oxygen atoms in total. The lowest BCUT2D eigenvalue weighted by atomic mass is 9.94. The van der Waals surface area contributed by atoms with Gasteiger partial charge in [-0.15, -0.1) is 0 Å². The van der Waals surface area contributed by atoms with Crippen molar-refractivity contribution in [1.82, 2.24) is 4.57 Å². The predicted molar refractivity (Wildman–Crippen MR) is 220 cm³/mol. The molecule has 1 heterocycles. The van der Waals surface area contributed by atoms with Gasteiger partial charge in [0.1, 0.15) is 0 Å². The van der Waals surface area contributed by atoms with Crippen molar-refractivity contribution in [2.75, 3.05) is 4.90 Å². The van der Waals surface area contributed by atoms with Crippen LogP contribution >= 0.6 is 0 Å². The van der Waals surface area contributed by atoms with Gasteiger partial charge in [-0.2, -0.15) is 0 Å². The molecule has 0 fully saturated rings. The van der Waals surface area contributed by atoms with Crippen molar-refractivity contribution in [2.24, 2.45) is 0 Å². The molecule has 10 aromatic rings. The highest BCUT2D eigenvalue weighted by Gasteiger charge is 2.29. The van der Waals surface area contributed by atoms with Crippen LogP contribution in [-0.4, -0.2) is 4.57 Å². The Hall–Kier alpha value is -6.90. The molecular formula is C50H32N2. The number of rotatable bonds is 5. The maximum atomic E-state index is 2.47. The maximum Gasteiger partial charge on any atom is 0.0546 e. The van der Waals surface area contributed by atoms with Crippen LogP contribution in [0.25, 0.3) is 82.4 Å². The molecule has 0 atom stereocenters. The first-order valence-corrected chi connectivity index (χ1v) is 17.9. The topological polar surface area (TPSA) is 8.17 Å². The molecule has 0 spiro atoms. The Morgan fingerprint density at radius 3 is 1.85 bits per heavy atom. The van der Waals surface area contributed by atoms with E-state index in [0.29, 0.717) is 0 Å². The first-order valence-electron chi connectivity index (χ1n) is 17.9. The summed E-state index contributed by atoms with van der Waals surface area (Å²) < 4.78 is 2.39. The fourth-order valence-corrected chi connectivity index (χ4v) is 8.64. The van der Waals surface area contributed by atoms with Crippen molar-refractivity contribution in [2.45, 2.75) is 0 Å². The summed E-state index contributed by atoms with van der Waals surface area (Å²) in [5.74, 6) is 0. The van der Waals surface area contributed by atoms with E-state index in [1.165, 1.54) is 82.4 Å². The van der Waals surface area contributed by atoms with Crippen molar-refractivity contribution in [3.63, 3.8) is 0 Å². The van der Waals surface area contributed by atoms with Crippen molar-refractivity contribution in [3.05, 3.63) is 194 Å². The van der Waals surface area contributed by atoms with Gasteiger partial charge < -0.3 is 9.47 Å². The Kier molecular flexibility index (Phi) is 6.28. The SMILES string of the molecule is c1ccc(-c2ccc(N(c3ccc4c(c3)c3ccccc3n4-c3ccccc3)c3cccc4c3-c3c5ccccc5cc5cccc-4c35)cc2)cc1. The van der Waals surface area contributed by atoms with Crippen LogP contribution in [0.4, 0.5) is 17.1 Å². The predicted octanol–water partition coefficient (Wildman–Crippen LogP) is 13.9. The number of hydrogen-bond donors (Lipinski definition) is 0. The molecule has 1 aliphatic carbocycles. The number of para-hydroxylation sites is 2. The molecule has 11 rings (SSSR count). The summed E-state index contributed by atoms with van der Waals surface area (Å²) >= 11 is 0. The minimum absolute atomic E-state index is 1.12. The number of aromatic nitrogens is 1. The zero-order valence-corrected chi connectivity index (χ0v) is 28.4. The normalized spacial score (nSPS) is 11.8. The zero-order chi connectivity index (χ0) is 34.2. The van der Waals surface area contributed by atoms with Crippen LogP contribution in [0.5, 0.6) is 0 Å². The van der Waals surface area contributed by atoms with E-state index in [1.54, 1.807) is 0 Å². The average Bonchev–Trinajstić information content (AvgIpc) is 3.73. The summed E-state index contributed by atoms with van der Waals surface area (Å²) in [6.45, 7) is 0. The second-order valence-corrected chi connectivity index (χ2v) is 13.7. The lowest BCUT2D eigenvalue weighted by molar-refractivity contribution is 1.18. The fraction of sp³-hybridized carbons (Fsp3) is 0. The van der Waals surface area contributed by atoms with Crippen LogP contribution in [0.3, 0.4) is 0 Å². The summed E-state index contributed by atoms with van der Waals surface area (Å²) in [5.41, 5.74) is 14.6. The van der Waals surface area contributed by atoms with Gasteiger partial charge in [-0.3, -0.25) is 0 Å². The van der Waals surface area contributed by atoms with E-state index >= 15 is 0 Å². The summed E-state index contributed by atoms with van der Waals surface area (Å²) in [6, 6.07) is 70.9. The molecule has 0 bridgehead atoms. The Morgan fingerprint density at radius 2 is 1.00 bits per heavy atom. The van der Waals surface area contributed by atoms with Gasteiger partial charge in [-0.25, -0.2) is 0 Å². The summed E-state index contributed by atoms with van der Waals surface area (Å²) in [5, 5.41) is 7.63. The molecule has 0 aliphatic heterocycles. The zero-order valence-electron chi connectivity index (χ0n) is 28.4. The van der Waals surface area contributed by atoms with Gasteiger partial charge in [0, 0.05) is 39.0 Å². The Bertz CT molecular complexity index is 2990. The third-order valence-electron chi connectivity index (χ3n) is 10.9. The summed E-state index contributed by atoms with van der Waals surface area (Å²) in [4.78, 5) is 2.47. The van der Waals surface area contributed by atoms with E-state index in [-0.39, 0.29) is 0 Å². The lowest BCUT2D eigenvalue weighted by Crippen LogP contribution is -2.11.